The van der Waals surface area contributed by atoms with E-state index < -0.39 is 51.4 Å². The van der Waals surface area contributed by atoms with Crippen LogP contribution >= 0.6 is 0 Å². The van der Waals surface area contributed by atoms with Crippen LogP contribution in [0.1, 0.15) is 36.5 Å². The van der Waals surface area contributed by atoms with Crippen molar-refractivity contribution in [2.24, 2.45) is 4.99 Å². The molecule has 1 amide bonds. The number of amides is 1. The van der Waals surface area contributed by atoms with E-state index >= 15 is 0 Å². The van der Waals surface area contributed by atoms with E-state index in [0.717, 1.165) is 6.07 Å². The van der Waals surface area contributed by atoms with Gasteiger partial charge in [0.1, 0.15) is 11.9 Å². The third kappa shape index (κ3) is 7.11. The molecule has 4 rings (SSSR count). The van der Waals surface area contributed by atoms with Gasteiger partial charge in [0.25, 0.3) is 5.91 Å². The number of sulfone groups is 1. The average Bonchev–Trinajstić information content (AvgIpc) is 3.32. The van der Waals surface area contributed by atoms with Crippen LogP contribution in [0.2, 0.25) is 0 Å². The molecule has 224 valence electrons. The van der Waals surface area contributed by atoms with Crippen molar-refractivity contribution in [1.29, 1.82) is 0 Å². The molecule has 0 saturated heterocycles. The fraction of sp³-hybridized carbons (Fsp3) is 0.333. The number of alkyl halides is 3. The van der Waals surface area contributed by atoms with E-state index in [2.05, 4.69) is 10.3 Å². The van der Waals surface area contributed by atoms with E-state index in [1.165, 1.54) is 30.3 Å². The van der Waals surface area contributed by atoms with Crippen molar-refractivity contribution in [3.63, 3.8) is 0 Å². The Hall–Kier alpha value is -3.90. The molecule has 8 nitrogen and oxygen atoms in total. The van der Waals surface area contributed by atoms with E-state index in [1.54, 1.807) is 49.4 Å². The molecule has 12 heteroatoms. The lowest BCUT2D eigenvalue weighted by atomic mass is 9.90. The van der Waals surface area contributed by atoms with Gasteiger partial charge in [-0.05, 0) is 61.4 Å². The second kappa shape index (κ2) is 13.0. The van der Waals surface area contributed by atoms with Gasteiger partial charge in [-0.25, -0.2) is 13.4 Å². The molecule has 0 bridgehead atoms. The van der Waals surface area contributed by atoms with E-state index in [-0.39, 0.29) is 29.4 Å². The molecule has 0 aliphatic carbocycles. The molecule has 0 saturated carbocycles. The molecule has 3 aromatic carbocycles. The minimum Gasteiger partial charge on any atom is -0.494 e. The largest absolute Gasteiger partial charge is 0.494 e. The lowest BCUT2D eigenvalue weighted by Gasteiger charge is -2.28. The van der Waals surface area contributed by atoms with Crippen LogP contribution < -0.4 is 10.1 Å². The number of benzene rings is 3. The number of aliphatic hydroxyl groups excluding tert-OH is 1. The molecule has 0 radical (unpaired) electrons. The third-order valence-electron chi connectivity index (χ3n) is 6.94. The zero-order valence-corrected chi connectivity index (χ0v) is 23.6. The lowest BCUT2D eigenvalue weighted by molar-refractivity contribution is -0.138. The smallest absolute Gasteiger partial charge is 0.416 e. The van der Waals surface area contributed by atoms with Crippen molar-refractivity contribution in [3.8, 4) is 5.75 Å². The van der Waals surface area contributed by atoms with Crippen LogP contribution in [0.5, 0.6) is 5.75 Å². The predicted octanol–water partition coefficient (Wildman–Crippen LogP) is 4.55. The Morgan fingerprint density at radius 2 is 1.71 bits per heavy atom. The SMILES string of the molecule is C[C@H]1OC(c2ccc(OCCCO)cc2)=N[C@@]1(CCS(=O)(=O)c1ccccc1)C(=O)NCc1ccccc1C(F)(F)F. The van der Waals surface area contributed by atoms with Crippen molar-refractivity contribution in [3.05, 3.63) is 95.6 Å². The molecule has 3 aromatic rings. The average molecular weight is 605 g/mol. The number of aliphatic imine (C=N–C) groups is 1. The zero-order valence-electron chi connectivity index (χ0n) is 22.8. The maximum Gasteiger partial charge on any atom is 0.416 e. The first-order valence-corrected chi connectivity index (χ1v) is 14.9. The van der Waals surface area contributed by atoms with Crippen LogP contribution in [-0.4, -0.2) is 55.9 Å². The Morgan fingerprint density at radius 1 is 1.05 bits per heavy atom. The number of nitrogens with one attached hydrogen (secondary N) is 1. The number of carbonyl (C=O) groups is 1. The highest BCUT2D eigenvalue weighted by Gasteiger charge is 2.50. The van der Waals surface area contributed by atoms with Crippen molar-refractivity contribution in [2.45, 2.75) is 49.0 Å². The quantitative estimate of drug-likeness (QED) is 0.293. The second-order valence-electron chi connectivity index (χ2n) is 9.77. The highest BCUT2D eigenvalue weighted by molar-refractivity contribution is 7.91. The Bertz CT molecular complexity index is 1510. The van der Waals surface area contributed by atoms with E-state index in [1.807, 2.05) is 0 Å². The third-order valence-corrected chi connectivity index (χ3v) is 8.68. The summed E-state index contributed by atoms with van der Waals surface area (Å²) in [7, 11) is -3.82. The molecular weight excluding hydrogens is 573 g/mol. The van der Waals surface area contributed by atoms with Gasteiger partial charge < -0.3 is 19.9 Å². The summed E-state index contributed by atoms with van der Waals surface area (Å²) in [5.41, 5.74) is -2.26. The van der Waals surface area contributed by atoms with E-state index in [4.69, 9.17) is 14.6 Å². The maximum atomic E-state index is 13.7. The molecule has 1 heterocycles. The van der Waals surface area contributed by atoms with E-state index in [0.29, 0.717) is 24.3 Å². The first kappa shape index (κ1) is 31.0. The number of nitrogens with zero attached hydrogens (tertiary/aromatic N) is 1. The van der Waals surface area contributed by atoms with Crippen LogP contribution in [-0.2, 0) is 32.1 Å². The van der Waals surface area contributed by atoms with Gasteiger partial charge in [0.2, 0.25) is 5.90 Å². The molecular formula is C30H31F3N2O6S. The molecule has 42 heavy (non-hydrogen) atoms. The number of rotatable bonds is 12. The van der Waals surface area contributed by atoms with Crippen molar-refractivity contribution >= 4 is 21.6 Å². The van der Waals surface area contributed by atoms with Gasteiger partial charge in [-0.15, -0.1) is 0 Å². The standard InChI is InChI=1S/C30H31F3N2O6S/c1-21-29(16-19-42(38,39)25-9-3-2-4-10-25,28(37)34-20-23-8-5-6-11-26(23)30(31,32)33)35-27(41-21)22-12-14-24(15-13-22)40-18-7-17-36/h2-6,8-15,21,36H,7,16-20H2,1H3,(H,34,37)/t21-,29-/m1/s1. The first-order chi connectivity index (χ1) is 20.0. The number of hydrogen-bond acceptors (Lipinski definition) is 7. The van der Waals surface area contributed by atoms with Crippen LogP contribution in [0.4, 0.5) is 13.2 Å². The fourth-order valence-corrected chi connectivity index (χ4v) is 5.96. The first-order valence-electron chi connectivity index (χ1n) is 13.3. The normalized spacial score (nSPS) is 18.7. The van der Waals surface area contributed by atoms with Gasteiger partial charge in [-0.3, -0.25) is 4.79 Å². The van der Waals surface area contributed by atoms with Gasteiger partial charge >= 0.3 is 6.18 Å². The minimum absolute atomic E-state index is 0.00739. The number of halogens is 3. The van der Waals surface area contributed by atoms with E-state index in [9.17, 15) is 26.4 Å². The monoisotopic (exact) mass is 604 g/mol. The highest BCUT2D eigenvalue weighted by atomic mass is 32.2. The Kier molecular flexibility index (Phi) is 9.57. The summed E-state index contributed by atoms with van der Waals surface area (Å²) in [6.07, 6.45) is -5.36. The van der Waals surface area contributed by atoms with Gasteiger partial charge in [0, 0.05) is 25.1 Å². The number of carbonyl (C=O) groups excluding carboxylic acids is 1. The number of aliphatic hydroxyl groups is 1. The van der Waals surface area contributed by atoms with Crippen LogP contribution in [0.3, 0.4) is 0 Å². The Labute approximate surface area is 242 Å². The van der Waals surface area contributed by atoms with Gasteiger partial charge in [0.05, 0.1) is 22.8 Å². The maximum absolute atomic E-state index is 13.7. The molecule has 0 unspecified atom stereocenters. The van der Waals surface area contributed by atoms with Crippen LogP contribution in [0, 0.1) is 0 Å². The van der Waals surface area contributed by atoms with Crippen molar-refractivity contribution < 1.29 is 41.0 Å². The second-order valence-corrected chi connectivity index (χ2v) is 11.9. The Morgan fingerprint density at radius 3 is 2.38 bits per heavy atom. The molecule has 0 spiro atoms. The van der Waals surface area contributed by atoms with Crippen molar-refractivity contribution in [1.82, 2.24) is 5.32 Å². The van der Waals surface area contributed by atoms with Gasteiger partial charge in [-0.1, -0.05) is 36.4 Å². The summed E-state index contributed by atoms with van der Waals surface area (Å²) in [6, 6.07) is 19.3. The molecule has 0 fully saturated rings. The molecule has 1 aliphatic rings. The summed E-state index contributed by atoms with van der Waals surface area (Å²) in [5, 5.41) is 11.5. The van der Waals surface area contributed by atoms with Gasteiger partial charge in [-0.2, -0.15) is 13.2 Å². The molecule has 2 atom stereocenters. The zero-order chi connectivity index (χ0) is 30.4. The van der Waals surface area contributed by atoms with Crippen LogP contribution in [0.15, 0.2) is 88.8 Å². The highest BCUT2D eigenvalue weighted by Crippen LogP contribution is 2.35. The summed E-state index contributed by atoms with van der Waals surface area (Å²) in [5.74, 6) is -0.576. The minimum atomic E-state index is -4.62. The topological polar surface area (TPSA) is 114 Å². The molecule has 1 aliphatic heterocycles. The predicted molar refractivity (Wildman–Crippen MR) is 150 cm³/mol. The Balaban J connectivity index is 1.63. The molecule has 0 aromatic heterocycles. The number of ether oxygens (including phenoxy) is 2. The number of hydrogen-bond donors (Lipinski definition) is 2. The summed E-state index contributed by atoms with van der Waals surface area (Å²) in [6.45, 7) is 1.44. The summed E-state index contributed by atoms with van der Waals surface area (Å²) in [4.78, 5) is 18.4. The fourth-order valence-electron chi connectivity index (χ4n) is 4.57. The van der Waals surface area contributed by atoms with Gasteiger partial charge in [0.15, 0.2) is 15.4 Å². The van der Waals surface area contributed by atoms with Crippen molar-refractivity contribution in [2.75, 3.05) is 19.0 Å². The summed E-state index contributed by atoms with van der Waals surface area (Å²) >= 11 is 0. The lowest BCUT2D eigenvalue weighted by Crippen LogP contribution is -2.51. The van der Waals surface area contributed by atoms with Crippen LogP contribution in [0.25, 0.3) is 0 Å². The molecule has 2 N–H and O–H groups in total. The summed E-state index contributed by atoms with van der Waals surface area (Å²) < 4.78 is 78.3.